The Morgan fingerprint density at radius 3 is 2.62 bits per heavy atom. The monoisotopic (exact) mass is 288 g/mol. The number of carbonyl (C=O) groups is 1. The first-order valence-electron chi connectivity index (χ1n) is 7.79. The lowest BCUT2D eigenvalue weighted by atomic mass is 10.1. The normalized spacial score (nSPS) is 22.2. The topological polar surface area (TPSA) is 32.8 Å². The van der Waals surface area contributed by atoms with E-state index in [4.69, 9.17) is 4.74 Å². The molecule has 0 bridgehead atoms. The molecule has 1 aliphatic carbocycles. The van der Waals surface area contributed by atoms with Crippen molar-refractivity contribution in [2.45, 2.75) is 25.4 Å². The molecular formula is C17H24N2O2. The van der Waals surface area contributed by atoms with Crippen LogP contribution >= 0.6 is 0 Å². The largest absolute Gasteiger partial charge is 0.378 e. The maximum absolute atomic E-state index is 12.4. The van der Waals surface area contributed by atoms with Gasteiger partial charge in [0.2, 0.25) is 5.91 Å². The number of carbonyl (C=O) groups excluding carboxylic acids is 1. The van der Waals surface area contributed by atoms with E-state index in [2.05, 4.69) is 17.0 Å². The van der Waals surface area contributed by atoms with Crippen LogP contribution in [-0.2, 0) is 16.0 Å². The van der Waals surface area contributed by atoms with Crippen molar-refractivity contribution >= 4 is 11.6 Å². The fourth-order valence-electron chi connectivity index (χ4n) is 2.85. The lowest BCUT2D eigenvalue weighted by Crippen LogP contribution is -2.46. The number of benzene rings is 1. The van der Waals surface area contributed by atoms with Crippen LogP contribution in [0.4, 0.5) is 5.69 Å². The third-order valence-corrected chi connectivity index (χ3v) is 4.40. The molecule has 2 aliphatic rings. The van der Waals surface area contributed by atoms with Gasteiger partial charge in [0, 0.05) is 32.9 Å². The van der Waals surface area contributed by atoms with Crippen molar-refractivity contribution in [2.75, 3.05) is 38.7 Å². The number of amides is 1. The molecule has 114 valence electrons. The van der Waals surface area contributed by atoms with Crippen molar-refractivity contribution in [1.82, 2.24) is 4.90 Å². The molecule has 1 aromatic rings. The summed E-state index contributed by atoms with van der Waals surface area (Å²) in [5.41, 5.74) is 2.24. The molecule has 1 aromatic carbocycles. The highest BCUT2D eigenvalue weighted by Gasteiger charge is 2.36. The molecule has 1 heterocycles. The lowest BCUT2D eigenvalue weighted by Gasteiger charge is -2.33. The fraction of sp³-hybridized carbons (Fsp3) is 0.588. The van der Waals surface area contributed by atoms with Crippen LogP contribution in [-0.4, -0.2) is 50.7 Å². The summed E-state index contributed by atoms with van der Waals surface area (Å²) in [6, 6.07) is 8.22. The first-order chi connectivity index (χ1) is 10.1. The standard InChI is InChI=1S/C17H24N2O2/c1-18(2)15-7-3-13(4-8-15)11-17(20)19-9-10-21-16(12-19)14-5-6-14/h3-4,7-8,14,16H,5-6,9-12H2,1-2H3. The lowest BCUT2D eigenvalue weighted by molar-refractivity contribution is -0.138. The summed E-state index contributed by atoms with van der Waals surface area (Å²) >= 11 is 0. The number of nitrogens with zero attached hydrogens (tertiary/aromatic N) is 2. The van der Waals surface area contributed by atoms with E-state index in [1.165, 1.54) is 12.8 Å². The van der Waals surface area contributed by atoms with Gasteiger partial charge in [-0.05, 0) is 36.5 Å². The average molecular weight is 288 g/mol. The van der Waals surface area contributed by atoms with Gasteiger partial charge in [0.05, 0.1) is 19.1 Å². The van der Waals surface area contributed by atoms with E-state index < -0.39 is 0 Å². The molecule has 0 radical (unpaired) electrons. The van der Waals surface area contributed by atoms with Gasteiger partial charge >= 0.3 is 0 Å². The summed E-state index contributed by atoms with van der Waals surface area (Å²) in [6.07, 6.45) is 3.29. The highest BCUT2D eigenvalue weighted by atomic mass is 16.5. The van der Waals surface area contributed by atoms with E-state index in [0.29, 0.717) is 18.9 Å². The van der Waals surface area contributed by atoms with Crippen LogP contribution in [0.3, 0.4) is 0 Å². The second-order valence-electron chi connectivity index (χ2n) is 6.32. The minimum absolute atomic E-state index is 0.224. The minimum Gasteiger partial charge on any atom is -0.378 e. The summed E-state index contributed by atoms with van der Waals surface area (Å²) in [5, 5.41) is 0. The molecule has 4 nitrogen and oxygen atoms in total. The number of anilines is 1. The van der Waals surface area contributed by atoms with Crippen LogP contribution in [0.2, 0.25) is 0 Å². The number of hydrogen-bond acceptors (Lipinski definition) is 3. The molecule has 1 saturated carbocycles. The smallest absolute Gasteiger partial charge is 0.227 e. The van der Waals surface area contributed by atoms with Crippen LogP contribution < -0.4 is 4.90 Å². The molecule has 0 spiro atoms. The first-order valence-corrected chi connectivity index (χ1v) is 7.79. The number of hydrogen-bond donors (Lipinski definition) is 0. The minimum atomic E-state index is 0.224. The Kier molecular flexibility index (Phi) is 4.15. The zero-order valence-corrected chi connectivity index (χ0v) is 12.9. The van der Waals surface area contributed by atoms with Crippen molar-refractivity contribution in [3.8, 4) is 0 Å². The van der Waals surface area contributed by atoms with E-state index >= 15 is 0 Å². The molecular weight excluding hydrogens is 264 g/mol. The second-order valence-corrected chi connectivity index (χ2v) is 6.32. The first kappa shape index (κ1) is 14.4. The SMILES string of the molecule is CN(C)c1ccc(CC(=O)N2CCOC(C3CC3)C2)cc1. The van der Waals surface area contributed by atoms with Gasteiger partial charge in [0.25, 0.3) is 0 Å². The molecule has 21 heavy (non-hydrogen) atoms. The third-order valence-electron chi connectivity index (χ3n) is 4.40. The summed E-state index contributed by atoms with van der Waals surface area (Å²) < 4.78 is 5.78. The maximum Gasteiger partial charge on any atom is 0.227 e. The molecule has 0 N–H and O–H groups in total. The fourth-order valence-corrected chi connectivity index (χ4v) is 2.85. The zero-order valence-electron chi connectivity index (χ0n) is 12.9. The van der Waals surface area contributed by atoms with Gasteiger partial charge < -0.3 is 14.5 Å². The zero-order chi connectivity index (χ0) is 14.8. The van der Waals surface area contributed by atoms with Gasteiger partial charge in [0.1, 0.15) is 0 Å². The van der Waals surface area contributed by atoms with Crippen LogP contribution in [0, 0.1) is 5.92 Å². The van der Waals surface area contributed by atoms with Gasteiger partial charge in [0.15, 0.2) is 0 Å². The van der Waals surface area contributed by atoms with E-state index in [1.54, 1.807) is 0 Å². The van der Waals surface area contributed by atoms with E-state index in [-0.39, 0.29) is 12.0 Å². The van der Waals surface area contributed by atoms with E-state index in [0.717, 1.165) is 24.3 Å². The summed E-state index contributed by atoms with van der Waals surface area (Å²) in [5.74, 6) is 0.918. The van der Waals surface area contributed by atoms with Crippen LogP contribution in [0.25, 0.3) is 0 Å². The number of ether oxygens (including phenoxy) is 1. The molecule has 2 fully saturated rings. The van der Waals surface area contributed by atoms with Gasteiger partial charge in [-0.1, -0.05) is 12.1 Å². The Morgan fingerprint density at radius 1 is 1.29 bits per heavy atom. The van der Waals surface area contributed by atoms with Crippen molar-refractivity contribution in [1.29, 1.82) is 0 Å². The Labute approximate surface area is 126 Å². The molecule has 1 atom stereocenters. The highest BCUT2D eigenvalue weighted by molar-refractivity contribution is 5.79. The maximum atomic E-state index is 12.4. The van der Waals surface area contributed by atoms with Crippen LogP contribution in [0.15, 0.2) is 24.3 Å². The number of rotatable bonds is 4. The molecule has 1 unspecified atom stereocenters. The molecule has 1 aliphatic heterocycles. The third kappa shape index (κ3) is 3.56. The van der Waals surface area contributed by atoms with Crippen LogP contribution in [0.5, 0.6) is 0 Å². The molecule has 1 amide bonds. The second kappa shape index (κ2) is 6.06. The van der Waals surface area contributed by atoms with Crippen molar-refractivity contribution in [2.24, 2.45) is 5.92 Å². The molecule has 1 saturated heterocycles. The van der Waals surface area contributed by atoms with Gasteiger partial charge in [-0.2, -0.15) is 0 Å². The van der Waals surface area contributed by atoms with Crippen molar-refractivity contribution in [3.63, 3.8) is 0 Å². The molecule has 4 heteroatoms. The summed E-state index contributed by atoms with van der Waals surface area (Å²) in [7, 11) is 4.04. The quantitative estimate of drug-likeness (QED) is 0.849. The highest BCUT2D eigenvalue weighted by Crippen LogP contribution is 2.35. The van der Waals surface area contributed by atoms with Gasteiger partial charge in [-0.3, -0.25) is 4.79 Å². The Balaban J connectivity index is 1.57. The number of morpholine rings is 1. The summed E-state index contributed by atoms with van der Waals surface area (Å²) in [4.78, 5) is 16.5. The Bertz CT molecular complexity index is 494. The summed E-state index contributed by atoms with van der Waals surface area (Å²) in [6.45, 7) is 2.20. The van der Waals surface area contributed by atoms with E-state index in [9.17, 15) is 4.79 Å². The molecule has 3 rings (SSSR count). The molecule has 0 aromatic heterocycles. The Hall–Kier alpha value is -1.55. The van der Waals surface area contributed by atoms with Gasteiger partial charge in [-0.25, -0.2) is 0 Å². The van der Waals surface area contributed by atoms with Crippen molar-refractivity contribution in [3.05, 3.63) is 29.8 Å². The van der Waals surface area contributed by atoms with E-state index in [1.807, 2.05) is 31.1 Å². The predicted molar refractivity (Wildman–Crippen MR) is 83.5 cm³/mol. The van der Waals surface area contributed by atoms with Crippen LogP contribution in [0.1, 0.15) is 18.4 Å². The average Bonchev–Trinajstić information content (AvgIpc) is 3.32. The Morgan fingerprint density at radius 2 is 2.00 bits per heavy atom. The van der Waals surface area contributed by atoms with Gasteiger partial charge in [-0.15, -0.1) is 0 Å². The van der Waals surface area contributed by atoms with Crippen molar-refractivity contribution < 1.29 is 9.53 Å². The predicted octanol–water partition coefficient (Wildman–Crippen LogP) is 1.93.